The van der Waals surface area contributed by atoms with Crippen molar-refractivity contribution in [1.29, 1.82) is 0 Å². The van der Waals surface area contributed by atoms with Crippen LogP contribution < -0.4 is 21.9 Å². The largest absolute Gasteiger partial charge is 0.332 e. The van der Waals surface area contributed by atoms with Crippen molar-refractivity contribution in [2.75, 3.05) is 10.6 Å². The van der Waals surface area contributed by atoms with Crippen molar-refractivity contribution in [3.8, 4) is 0 Å². The van der Waals surface area contributed by atoms with Crippen molar-refractivity contribution < 1.29 is 0 Å². The molecule has 0 aliphatic heterocycles. The smallest absolute Gasteiger partial charge is 0.209 e. The first kappa shape index (κ1) is 19.2. The van der Waals surface area contributed by atoms with Gasteiger partial charge in [0.05, 0.1) is 0 Å². The molecule has 0 saturated carbocycles. The average molecular weight is 415 g/mol. The Morgan fingerprint density at radius 2 is 1.72 bits per heavy atom. The molecule has 0 aliphatic rings. The molecule has 0 fully saturated rings. The lowest BCUT2D eigenvalue weighted by molar-refractivity contribution is 1.04. The van der Waals surface area contributed by atoms with Gasteiger partial charge in [0.1, 0.15) is 15.8 Å². The Labute approximate surface area is 162 Å². The molecule has 0 saturated heterocycles. The molecule has 0 bridgehead atoms. The second-order valence-electron chi connectivity index (χ2n) is 4.20. The van der Waals surface area contributed by atoms with Gasteiger partial charge in [-0.3, -0.25) is 0 Å². The molecule has 0 unspecified atom stereocenters. The molecule has 3 heterocycles. The maximum atomic E-state index is 5.70. The molecular formula is C13H12Cl2N8S2. The predicted octanol–water partition coefficient (Wildman–Crippen LogP) is 3.23. The molecule has 0 aliphatic carbocycles. The lowest BCUT2D eigenvalue weighted by atomic mass is 10.4. The Bertz CT molecular complexity index is 815. The number of halogens is 2. The van der Waals surface area contributed by atoms with E-state index in [2.05, 4.69) is 36.2 Å². The minimum absolute atomic E-state index is 0.331. The van der Waals surface area contributed by atoms with Gasteiger partial charge < -0.3 is 16.1 Å². The number of pyridine rings is 2. The Balaban J connectivity index is 0.000000181. The van der Waals surface area contributed by atoms with Crippen molar-refractivity contribution in [2.24, 2.45) is 5.84 Å². The van der Waals surface area contributed by atoms with Crippen LogP contribution in [0.4, 0.5) is 16.5 Å². The molecule has 5 N–H and O–H groups in total. The van der Waals surface area contributed by atoms with Gasteiger partial charge in [0, 0.05) is 23.8 Å². The van der Waals surface area contributed by atoms with Gasteiger partial charge in [-0.05, 0) is 36.5 Å². The number of nitrogens with two attached hydrogens (primary N) is 1. The van der Waals surface area contributed by atoms with Crippen molar-refractivity contribution in [1.82, 2.24) is 25.6 Å². The number of anilines is 3. The Morgan fingerprint density at radius 1 is 1.08 bits per heavy atom. The Hall–Kier alpha value is -2.11. The maximum absolute atomic E-state index is 5.70. The summed E-state index contributed by atoms with van der Waals surface area (Å²) in [6, 6.07) is 6.91. The summed E-state index contributed by atoms with van der Waals surface area (Å²) in [5, 5.41) is 15.3. The second kappa shape index (κ2) is 10.0. The molecule has 0 aromatic carbocycles. The fourth-order valence-corrected chi connectivity index (χ4v) is 2.41. The molecule has 3 aromatic heterocycles. The molecule has 12 heteroatoms. The number of aromatic nitrogens is 4. The van der Waals surface area contributed by atoms with E-state index in [1.165, 1.54) is 11.3 Å². The van der Waals surface area contributed by atoms with Crippen molar-refractivity contribution in [3.63, 3.8) is 0 Å². The van der Waals surface area contributed by atoms with Crippen LogP contribution in [0.3, 0.4) is 0 Å². The lowest BCUT2D eigenvalue weighted by Crippen LogP contribution is -2.34. The third kappa shape index (κ3) is 7.11. The van der Waals surface area contributed by atoms with Gasteiger partial charge in [0.15, 0.2) is 5.11 Å². The van der Waals surface area contributed by atoms with E-state index in [0.717, 1.165) is 16.5 Å². The standard InChI is InChI=1S/C7H5ClN4S.C6H7ClN4S/c8-6-3-5(1-2-9-6)11-7-12-10-4-13-7;7-5-3-4(1-2-9-5)10-6(12)11-8/h1-4H,(H,9,11,12);1-3H,8H2,(H2,9,10,11,12). The van der Waals surface area contributed by atoms with Gasteiger partial charge in [-0.25, -0.2) is 15.8 Å². The SMILES string of the molecule is Clc1cc(Nc2nncs2)ccn1.NNC(=S)Nc1ccnc(Cl)c1. The summed E-state index contributed by atoms with van der Waals surface area (Å²) in [7, 11) is 0. The highest BCUT2D eigenvalue weighted by molar-refractivity contribution is 7.80. The van der Waals surface area contributed by atoms with Gasteiger partial charge in [0.2, 0.25) is 5.13 Å². The third-order valence-electron chi connectivity index (χ3n) is 2.45. The van der Waals surface area contributed by atoms with Crippen LogP contribution >= 0.6 is 46.8 Å². The van der Waals surface area contributed by atoms with Crippen LogP contribution in [0.25, 0.3) is 0 Å². The molecule has 0 atom stereocenters. The van der Waals surface area contributed by atoms with Crippen LogP contribution in [-0.4, -0.2) is 25.3 Å². The van der Waals surface area contributed by atoms with E-state index in [1.807, 2.05) is 6.07 Å². The minimum atomic E-state index is 0.331. The number of hydrazine groups is 1. The summed E-state index contributed by atoms with van der Waals surface area (Å²) in [4.78, 5) is 7.67. The topological polar surface area (TPSA) is 114 Å². The summed E-state index contributed by atoms with van der Waals surface area (Å²) in [6.45, 7) is 0. The van der Waals surface area contributed by atoms with E-state index in [9.17, 15) is 0 Å². The van der Waals surface area contributed by atoms with E-state index in [4.69, 9.17) is 41.3 Å². The zero-order valence-electron chi connectivity index (χ0n) is 12.5. The van der Waals surface area contributed by atoms with Gasteiger partial charge in [0.25, 0.3) is 0 Å². The third-order valence-corrected chi connectivity index (χ3v) is 3.69. The summed E-state index contributed by atoms with van der Waals surface area (Å²) in [5.41, 5.74) is 5.55. The fraction of sp³-hybridized carbons (Fsp3) is 0. The summed E-state index contributed by atoms with van der Waals surface area (Å²) >= 11 is 17.5. The molecule has 0 amide bonds. The van der Waals surface area contributed by atoms with Crippen LogP contribution in [0.1, 0.15) is 0 Å². The first-order chi connectivity index (χ1) is 12.1. The first-order valence-electron chi connectivity index (χ1n) is 6.60. The minimum Gasteiger partial charge on any atom is -0.332 e. The number of rotatable bonds is 3. The van der Waals surface area contributed by atoms with Gasteiger partial charge in [-0.2, -0.15) is 0 Å². The molecule has 3 aromatic rings. The average Bonchev–Trinajstić information content (AvgIpc) is 3.08. The Kier molecular flexibility index (Phi) is 7.70. The van der Waals surface area contributed by atoms with Crippen LogP contribution in [0.5, 0.6) is 0 Å². The fourth-order valence-electron chi connectivity index (χ4n) is 1.48. The van der Waals surface area contributed by atoms with Crippen molar-refractivity contribution >= 4 is 68.4 Å². The first-order valence-corrected chi connectivity index (χ1v) is 8.65. The van der Waals surface area contributed by atoms with E-state index in [0.29, 0.717) is 15.4 Å². The predicted molar refractivity (Wildman–Crippen MR) is 105 cm³/mol. The number of hydrogen-bond acceptors (Lipinski definition) is 8. The zero-order valence-corrected chi connectivity index (χ0v) is 15.6. The van der Waals surface area contributed by atoms with Crippen LogP contribution in [-0.2, 0) is 0 Å². The van der Waals surface area contributed by atoms with Gasteiger partial charge in [-0.1, -0.05) is 34.5 Å². The van der Waals surface area contributed by atoms with Crippen LogP contribution in [0.2, 0.25) is 10.3 Å². The lowest BCUT2D eigenvalue weighted by Gasteiger charge is -2.05. The van der Waals surface area contributed by atoms with Gasteiger partial charge in [-0.15, -0.1) is 10.2 Å². The zero-order chi connectivity index (χ0) is 18.1. The highest BCUT2D eigenvalue weighted by Gasteiger charge is 1.98. The van der Waals surface area contributed by atoms with Crippen molar-refractivity contribution in [2.45, 2.75) is 0 Å². The van der Waals surface area contributed by atoms with E-state index < -0.39 is 0 Å². The van der Waals surface area contributed by atoms with Crippen LogP contribution in [0, 0.1) is 0 Å². The normalized spacial score (nSPS) is 9.56. The maximum Gasteiger partial charge on any atom is 0.209 e. The van der Waals surface area contributed by atoms with E-state index >= 15 is 0 Å². The van der Waals surface area contributed by atoms with Crippen LogP contribution in [0.15, 0.2) is 42.2 Å². The quantitative estimate of drug-likeness (QED) is 0.222. The summed E-state index contributed by atoms with van der Waals surface area (Å²) in [6.07, 6.45) is 3.20. The molecule has 130 valence electrons. The molecule has 0 radical (unpaired) electrons. The number of nitrogens with zero attached hydrogens (tertiary/aromatic N) is 4. The van der Waals surface area contributed by atoms with Crippen molar-refractivity contribution in [3.05, 3.63) is 52.5 Å². The monoisotopic (exact) mass is 414 g/mol. The summed E-state index contributed by atoms with van der Waals surface area (Å²) in [5.74, 6) is 5.06. The van der Waals surface area contributed by atoms with Gasteiger partial charge >= 0.3 is 0 Å². The molecular weight excluding hydrogens is 403 g/mol. The highest BCUT2D eigenvalue weighted by atomic mass is 35.5. The number of thiocarbonyl (C=S) groups is 1. The molecule has 25 heavy (non-hydrogen) atoms. The number of hydrogen-bond donors (Lipinski definition) is 4. The Morgan fingerprint density at radius 3 is 2.28 bits per heavy atom. The second-order valence-corrected chi connectivity index (χ2v) is 6.22. The molecule has 0 spiro atoms. The van der Waals surface area contributed by atoms with E-state index in [-0.39, 0.29) is 0 Å². The summed E-state index contributed by atoms with van der Waals surface area (Å²) < 4.78 is 0. The van der Waals surface area contributed by atoms with E-state index in [1.54, 1.807) is 36.1 Å². The molecule has 3 rings (SSSR count). The molecule has 8 nitrogen and oxygen atoms in total. The highest BCUT2D eigenvalue weighted by Crippen LogP contribution is 2.18. The number of nitrogens with one attached hydrogen (secondary N) is 3.